The van der Waals surface area contributed by atoms with Crippen molar-refractivity contribution in [1.82, 2.24) is 4.98 Å². The average molecular weight is 254 g/mol. The number of halogens is 2. The summed E-state index contributed by atoms with van der Waals surface area (Å²) in [5.41, 5.74) is 0.427. The second-order valence-electron chi connectivity index (χ2n) is 2.74. The highest BCUT2D eigenvalue weighted by molar-refractivity contribution is 7.80. The standard InChI is InChI=1S/C8H9Cl2NO2S/c9-6-1-4(2-7(10)11-6)8(13)5(12)3-14/h1-2,5,8,12-14H,3H2. The maximum Gasteiger partial charge on any atom is 0.131 e. The fourth-order valence-electron chi connectivity index (χ4n) is 0.976. The molecule has 0 amide bonds. The van der Waals surface area contributed by atoms with Crippen molar-refractivity contribution in [2.45, 2.75) is 12.2 Å². The third-order valence-electron chi connectivity index (χ3n) is 1.68. The molecule has 1 aromatic heterocycles. The van der Waals surface area contributed by atoms with Gasteiger partial charge in [-0.25, -0.2) is 4.98 Å². The zero-order chi connectivity index (χ0) is 10.7. The minimum atomic E-state index is -1.05. The molecular formula is C8H9Cl2NO2S. The quantitative estimate of drug-likeness (QED) is 0.568. The average Bonchev–Trinajstić information content (AvgIpc) is 2.14. The predicted molar refractivity (Wildman–Crippen MR) is 59.1 cm³/mol. The Hall–Kier alpha value is -0.0000000000000000555. The summed E-state index contributed by atoms with van der Waals surface area (Å²) in [4.78, 5) is 3.72. The first-order chi connectivity index (χ1) is 6.54. The number of hydrogen-bond donors (Lipinski definition) is 3. The van der Waals surface area contributed by atoms with E-state index in [9.17, 15) is 10.2 Å². The molecule has 14 heavy (non-hydrogen) atoms. The third kappa shape index (κ3) is 3.00. The second-order valence-corrected chi connectivity index (χ2v) is 3.88. The number of aromatic nitrogens is 1. The van der Waals surface area contributed by atoms with Crippen LogP contribution in [0.25, 0.3) is 0 Å². The van der Waals surface area contributed by atoms with Gasteiger partial charge in [0.15, 0.2) is 0 Å². The van der Waals surface area contributed by atoms with Gasteiger partial charge in [-0.1, -0.05) is 23.2 Å². The lowest BCUT2D eigenvalue weighted by atomic mass is 10.1. The second kappa shape index (κ2) is 5.19. The van der Waals surface area contributed by atoms with E-state index in [-0.39, 0.29) is 16.1 Å². The van der Waals surface area contributed by atoms with E-state index in [1.165, 1.54) is 12.1 Å². The van der Waals surface area contributed by atoms with Gasteiger partial charge in [-0.15, -0.1) is 0 Å². The normalized spacial score (nSPS) is 15.2. The SMILES string of the molecule is OC(CS)C(O)c1cc(Cl)nc(Cl)c1. The summed E-state index contributed by atoms with van der Waals surface area (Å²) in [6, 6.07) is 2.90. The minimum Gasteiger partial charge on any atom is -0.389 e. The molecule has 78 valence electrons. The van der Waals surface area contributed by atoms with Crippen molar-refractivity contribution in [2.24, 2.45) is 0 Å². The van der Waals surface area contributed by atoms with E-state index in [1.807, 2.05) is 0 Å². The number of aliphatic hydroxyl groups is 2. The first-order valence-corrected chi connectivity index (χ1v) is 5.23. The van der Waals surface area contributed by atoms with Crippen LogP contribution in [0.3, 0.4) is 0 Å². The van der Waals surface area contributed by atoms with Gasteiger partial charge in [0.05, 0.1) is 6.10 Å². The molecule has 0 saturated heterocycles. The Balaban J connectivity index is 2.94. The first-order valence-electron chi connectivity index (χ1n) is 3.84. The lowest BCUT2D eigenvalue weighted by Gasteiger charge is -2.16. The molecule has 0 bridgehead atoms. The molecule has 0 fully saturated rings. The monoisotopic (exact) mass is 253 g/mol. The van der Waals surface area contributed by atoms with E-state index in [2.05, 4.69) is 17.6 Å². The minimum absolute atomic E-state index is 0.152. The topological polar surface area (TPSA) is 53.4 Å². The van der Waals surface area contributed by atoms with Crippen molar-refractivity contribution in [3.8, 4) is 0 Å². The summed E-state index contributed by atoms with van der Waals surface area (Å²) in [5, 5.41) is 19.3. The molecule has 1 heterocycles. The van der Waals surface area contributed by atoms with Crippen LogP contribution >= 0.6 is 35.8 Å². The van der Waals surface area contributed by atoms with Crippen LogP contribution in [0.4, 0.5) is 0 Å². The van der Waals surface area contributed by atoms with E-state index in [1.54, 1.807) is 0 Å². The molecule has 0 aromatic carbocycles. The number of aliphatic hydroxyl groups excluding tert-OH is 2. The maximum atomic E-state index is 9.59. The molecular weight excluding hydrogens is 245 g/mol. The fraction of sp³-hybridized carbons (Fsp3) is 0.375. The van der Waals surface area contributed by atoms with Gasteiger partial charge >= 0.3 is 0 Å². The van der Waals surface area contributed by atoms with E-state index >= 15 is 0 Å². The molecule has 0 aliphatic heterocycles. The van der Waals surface area contributed by atoms with Crippen LogP contribution in [0.15, 0.2) is 12.1 Å². The molecule has 2 atom stereocenters. The van der Waals surface area contributed by atoms with E-state index in [0.717, 1.165) is 0 Å². The molecule has 2 unspecified atom stereocenters. The summed E-state index contributed by atoms with van der Waals surface area (Å²) in [5.74, 6) is 0.152. The van der Waals surface area contributed by atoms with Crippen LogP contribution in [-0.2, 0) is 0 Å². The van der Waals surface area contributed by atoms with Crippen LogP contribution in [0, 0.1) is 0 Å². The van der Waals surface area contributed by atoms with E-state index in [0.29, 0.717) is 5.56 Å². The van der Waals surface area contributed by atoms with Gasteiger partial charge in [0.2, 0.25) is 0 Å². The van der Waals surface area contributed by atoms with Crippen molar-refractivity contribution in [3.63, 3.8) is 0 Å². The Labute approximate surface area is 97.1 Å². The van der Waals surface area contributed by atoms with Crippen molar-refractivity contribution >= 4 is 35.8 Å². The molecule has 3 nitrogen and oxygen atoms in total. The van der Waals surface area contributed by atoms with Crippen molar-refractivity contribution in [1.29, 1.82) is 0 Å². The molecule has 6 heteroatoms. The Morgan fingerprint density at radius 2 is 1.79 bits per heavy atom. The van der Waals surface area contributed by atoms with Gasteiger partial charge in [0.1, 0.15) is 16.4 Å². The summed E-state index contributed by atoms with van der Waals surface area (Å²) in [6.07, 6.45) is -2.00. The molecule has 0 radical (unpaired) electrons. The van der Waals surface area contributed by atoms with Crippen molar-refractivity contribution in [2.75, 3.05) is 5.75 Å². The summed E-state index contributed by atoms with van der Waals surface area (Å²) >= 11 is 15.1. The Kier molecular flexibility index (Phi) is 4.47. The predicted octanol–water partition coefficient (Wildman–Crippen LogP) is 1.71. The number of nitrogens with zero attached hydrogens (tertiary/aromatic N) is 1. The van der Waals surface area contributed by atoms with E-state index < -0.39 is 12.2 Å². The number of thiol groups is 1. The molecule has 2 N–H and O–H groups in total. The largest absolute Gasteiger partial charge is 0.389 e. The maximum absolute atomic E-state index is 9.59. The van der Waals surface area contributed by atoms with Gasteiger partial charge < -0.3 is 10.2 Å². The highest BCUT2D eigenvalue weighted by Crippen LogP contribution is 2.23. The zero-order valence-corrected chi connectivity index (χ0v) is 9.47. The number of hydrogen-bond acceptors (Lipinski definition) is 4. The van der Waals surface area contributed by atoms with E-state index in [4.69, 9.17) is 23.2 Å². The lowest BCUT2D eigenvalue weighted by Crippen LogP contribution is -2.19. The summed E-state index contributed by atoms with van der Waals surface area (Å²) in [7, 11) is 0. The van der Waals surface area contributed by atoms with Gasteiger partial charge in [-0.3, -0.25) is 0 Å². The van der Waals surface area contributed by atoms with Gasteiger partial charge in [-0.2, -0.15) is 12.6 Å². The smallest absolute Gasteiger partial charge is 0.131 e. The molecule has 0 spiro atoms. The summed E-state index contributed by atoms with van der Waals surface area (Å²) in [6.45, 7) is 0. The van der Waals surface area contributed by atoms with Crippen LogP contribution in [0.5, 0.6) is 0 Å². The molecule has 0 aliphatic carbocycles. The van der Waals surface area contributed by atoms with Crippen LogP contribution in [0.2, 0.25) is 10.3 Å². The molecule has 1 rings (SSSR count). The Morgan fingerprint density at radius 1 is 1.29 bits per heavy atom. The highest BCUT2D eigenvalue weighted by Gasteiger charge is 2.17. The highest BCUT2D eigenvalue weighted by atomic mass is 35.5. The van der Waals surface area contributed by atoms with Crippen LogP contribution in [-0.4, -0.2) is 27.1 Å². The number of pyridine rings is 1. The van der Waals surface area contributed by atoms with Crippen LogP contribution in [0.1, 0.15) is 11.7 Å². The van der Waals surface area contributed by atoms with Crippen molar-refractivity contribution in [3.05, 3.63) is 28.0 Å². The summed E-state index contributed by atoms with van der Waals surface area (Å²) < 4.78 is 0. The van der Waals surface area contributed by atoms with Crippen LogP contribution < -0.4 is 0 Å². The molecule has 0 saturated carbocycles. The Bertz CT molecular complexity index is 304. The Morgan fingerprint density at radius 3 is 2.21 bits per heavy atom. The zero-order valence-electron chi connectivity index (χ0n) is 7.06. The molecule has 0 aliphatic rings. The third-order valence-corrected chi connectivity index (χ3v) is 2.44. The van der Waals surface area contributed by atoms with Crippen molar-refractivity contribution < 1.29 is 10.2 Å². The first kappa shape index (κ1) is 12.1. The van der Waals surface area contributed by atoms with Gasteiger partial charge in [0, 0.05) is 5.75 Å². The molecule has 1 aromatic rings. The fourth-order valence-corrected chi connectivity index (χ4v) is 1.65. The van der Waals surface area contributed by atoms with Gasteiger partial charge in [-0.05, 0) is 17.7 Å². The lowest BCUT2D eigenvalue weighted by molar-refractivity contribution is 0.0337. The van der Waals surface area contributed by atoms with Gasteiger partial charge in [0.25, 0.3) is 0 Å². The number of rotatable bonds is 3.